The third-order valence-corrected chi connectivity index (χ3v) is 5.98. The molecule has 152 valence electrons. The lowest BCUT2D eigenvalue weighted by Gasteiger charge is -2.06. The molecule has 0 bridgehead atoms. The Morgan fingerprint density at radius 2 is 2.00 bits per heavy atom. The number of carbonyl (C=O) groups is 2. The van der Waals surface area contributed by atoms with E-state index < -0.39 is 5.97 Å². The molecule has 8 heteroatoms. The van der Waals surface area contributed by atoms with Gasteiger partial charge < -0.3 is 14.5 Å². The van der Waals surface area contributed by atoms with Crippen molar-refractivity contribution in [3.63, 3.8) is 0 Å². The van der Waals surface area contributed by atoms with Gasteiger partial charge in [0.2, 0.25) is 11.7 Å². The van der Waals surface area contributed by atoms with Crippen LogP contribution in [0.1, 0.15) is 33.4 Å². The molecule has 30 heavy (non-hydrogen) atoms. The molecular weight excluding hydrogens is 445 g/mol. The quantitative estimate of drug-likeness (QED) is 0.332. The molecule has 2 aromatic carbocycles. The number of ether oxygens (including phenoxy) is 1. The van der Waals surface area contributed by atoms with Crippen LogP contribution >= 0.6 is 35.0 Å². The Kier molecular flexibility index (Phi) is 5.90. The first-order valence-electron chi connectivity index (χ1n) is 9.03. The third kappa shape index (κ3) is 3.99. The summed E-state index contributed by atoms with van der Waals surface area (Å²) in [6, 6.07) is 14.3. The van der Waals surface area contributed by atoms with Gasteiger partial charge in [-0.05, 0) is 37.3 Å². The second kappa shape index (κ2) is 8.60. The second-order valence-electron chi connectivity index (χ2n) is 6.28. The summed E-state index contributed by atoms with van der Waals surface area (Å²) in [5.74, 6) is -0.451. The molecule has 5 nitrogen and oxygen atoms in total. The molecule has 2 heterocycles. The minimum atomic E-state index is -0.630. The molecule has 0 amide bonds. The number of fused-ring (bicyclic) bond motifs is 1. The number of anilines is 2. The average molecular weight is 460 g/mol. The lowest BCUT2D eigenvalue weighted by atomic mass is 10.1. The molecule has 1 N–H and O–H groups in total. The van der Waals surface area contributed by atoms with E-state index >= 15 is 0 Å². The van der Waals surface area contributed by atoms with Crippen molar-refractivity contribution in [1.29, 1.82) is 0 Å². The van der Waals surface area contributed by atoms with Gasteiger partial charge in [0.25, 0.3) is 0 Å². The topological polar surface area (TPSA) is 68.5 Å². The lowest BCUT2D eigenvalue weighted by Crippen LogP contribution is -2.06. The summed E-state index contributed by atoms with van der Waals surface area (Å²) < 4.78 is 11.0. The highest BCUT2D eigenvalue weighted by Crippen LogP contribution is 2.43. The fraction of sp³-hybridized carbons (Fsp3) is 0.0909. The maximum Gasteiger partial charge on any atom is 0.345 e. The molecule has 0 unspecified atom stereocenters. The Labute approximate surface area is 187 Å². The number of rotatable bonds is 5. The van der Waals surface area contributed by atoms with Gasteiger partial charge in [0.05, 0.1) is 11.5 Å². The largest absolute Gasteiger partial charge is 0.462 e. The van der Waals surface area contributed by atoms with Gasteiger partial charge in [-0.25, -0.2) is 4.79 Å². The first kappa shape index (κ1) is 20.6. The van der Waals surface area contributed by atoms with Crippen LogP contribution in [-0.4, -0.2) is 18.4 Å². The number of furan rings is 1. The molecule has 0 saturated carbocycles. The zero-order chi connectivity index (χ0) is 21.3. The summed E-state index contributed by atoms with van der Waals surface area (Å²) >= 11 is 13.8. The molecule has 0 radical (unpaired) electrons. The van der Waals surface area contributed by atoms with Gasteiger partial charge in [-0.15, -0.1) is 0 Å². The Balaban J connectivity index is 1.74. The summed E-state index contributed by atoms with van der Waals surface area (Å²) in [6.07, 6.45) is 1.54. The SMILES string of the molecule is CCOC(=O)c1c(Nc2cccc(Cl)c2)oc(/C=C2\Sc3ccccc3C2=O)c1Cl. The van der Waals surface area contributed by atoms with E-state index in [2.05, 4.69) is 5.32 Å². The minimum absolute atomic E-state index is 0.0540. The predicted molar refractivity (Wildman–Crippen MR) is 119 cm³/mol. The fourth-order valence-corrected chi connectivity index (χ4v) is 4.42. The first-order chi connectivity index (χ1) is 14.5. The predicted octanol–water partition coefficient (Wildman–Crippen LogP) is 6.84. The summed E-state index contributed by atoms with van der Waals surface area (Å²) in [7, 11) is 0. The number of ketones is 1. The van der Waals surface area contributed by atoms with Gasteiger partial charge in [-0.2, -0.15) is 0 Å². The number of Topliss-reactive ketones (excluding diaryl/α,β-unsaturated/α-hetero) is 1. The Hall–Kier alpha value is -2.67. The van der Waals surface area contributed by atoms with Crippen molar-refractivity contribution < 1.29 is 18.7 Å². The number of hydrogen-bond acceptors (Lipinski definition) is 6. The van der Waals surface area contributed by atoms with Crippen molar-refractivity contribution in [2.45, 2.75) is 11.8 Å². The monoisotopic (exact) mass is 459 g/mol. The number of thioether (sulfide) groups is 1. The van der Waals surface area contributed by atoms with Gasteiger partial charge in [0.1, 0.15) is 16.3 Å². The molecule has 1 aliphatic rings. The highest BCUT2D eigenvalue weighted by atomic mass is 35.5. The third-order valence-electron chi connectivity index (χ3n) is 4.27. The van der Waals surface area contributed by atoms with Gasteiger partial charge in [0, 0.05) is 27.2 Å². The summed E-state index contributed by atoms with van der Waals surface area (Å²) in [6.45, 7) is 1.88. The fourth-order valence-electron chi connectivity index (χ4n) is 2.95. The Bertz CT molecular complexity index is 1190. The van der Waals surface area contributed by atoms with Crippen LogP contribution in [0.15, 0.2) is 62.7 Å². The number of carbonyl (C=O) groups excluding carboxylic acids is 2. The van der Waals surface area contributed by atoms with Crippen molar-refractivity contribution in [3.8, 4) is 0 Å². The Morgan fingerprint density at radius 3 is 2.73 bits per heavy atom. The number of esters is 1. The first-order valence-corrected chi connectivity index (χ1v) is 10.6. The van der Waals surface area contributed by atoms with Gasteiger partial charge in [-0.1, -0.05) is 53.2 Å². The smallest absolute Gasteiger partial charge is 0.345 e. The summed E-state index contributed by atoms with van der Waals surface area (Å²) in [5, 5.41) is 3.59. The van der Waals surface area contributed by atoms with Crippen LogP contribution in [0.4, 0.5) is 11.6 Å². The van der Waals surface area contributed by atoms with Crippen LogP contribution in [0.25, 0.3) is 6.08 Å². The molecule has 0 aliphatic carbocycles. The van der Waals surface area contributed by atoms with Crippen molar-refractivity contribution in [1.82, 2.24) is 0 Å². The molecule has 4 rings (SSSR count). The number of hydrogen-bond donors (Lipinski definition) is 1. The van der Waals surface area contributed by atoms with Crippen LogP contribution in [0.5, 0.6) is 0 Å². The van der Waals surface area contributed by atoms with E-state index in [0.717, 1.165) is 4.90 Å². The second-order valence-corrected chi connectivity index (χ2v) is 8.17. The zero-order valence-corrected chi connectivity index (χ0v) is 18.0. The van der Waals surface area contributed by atoms with E-state index in [4.69, 9.17) is 32.4 Å². The molecule has 1 aliphatic heterocycles. The van der Waals surface area contributed by atoms with Crippen molar-refractivity contribution in [3.05, 3.63) is 80.4 Å². The Morgan fingerprint density at radius 1 is 1.20 bits per heavy atom. The summed E-state index contributed by atoms with van der Waals surface area (Å²) in [4.78, 5) is 26.5. The molecule has 0 fully saturated rings. The van der Waals surface area contributed by atoms with Crippen LogP contribution in [0.2, 0.25) is 10.0 Å². The van der Waals surface area contributed by atoms with Crippen LogP contribution in [0, 0.1) is 0 Å². The van der Waals surface area contributed by atoms with Crippen LogP contribution in [-0.2, 0) is 4.74 Å². The van der Waals surface area contributed by atoms with E-state index in [1.165, 1.54) is 11.8 Å². The molecule has 1 aromatic heterocycles. The normalized spacial score (nSPS) is 14.1. The standard InChI is InChI=1S/C22H15Cl2NO4S/c1-2-28-22(27)18-19(24)15(29-21(18)25-13-7-5-6-12(23)10-13)11-17-20(26)14-8-3-4-9-16(14)30-17/h3-11,25H,2H2,1H3/b17-11-. The van der Waals surface area contributed by atoms with Crippen LogP contribution in [0.3, 0.4) is 0 Å². The van der Waals surface area contributed by atoms with Gasteiger partial charge >= 0.3 is 5.97 Å². The zero-order valence-electron chi connectivity index (χ0n) is 15.7. The van der Waals surface area contributed by atoms with Crippen molar-refractivity contribution in [2.75, 3.05) is 11.9 Å². The molecule has 0 spiro atoms. The maximum absolute atomic E-state index is 12.7. The van der Waals surface area contributed by atoms with Crippen molar-refractivity contribution in [2.24, 2.45) is 0 Å². The van der Waals surface area contributed by atoms with E-state index in [1.807, 2.05) is 18.2 Å². The maximum atomic E-state index is 12.7. The lowest BCUT2D eigenvalue weighted by molar-refractivity contribution is 0.0527. The molecule has 0 saturated heterocycles. The number of allylic oxidation sites excluding steroid dienone is 1. The van der Waals surface area contributed by atoms with E-state index in [0.29, 0.717) is 21.2 Å². The van der Waals surface area contributed by atoms with Gasteiger partial charge in [0.15, 0.2) is 0 Å². The molecule has 3 aromatic rings. The van der Waals surface area contributed by atoms with E-state index in [9.17, 15) is 9.59 Å². The van der Waals surface area contributed by atoms with Gasteiger partial charge in [-0.3, -0.25) is 4.79 Å². The highest BCUT2D eigenvalue weighted by molar-refractivity contribution is 8.04. The highest BCUT2D eigenvalue weighted by Gasteiger charge is 2.29. The molecule has 0 atom stereocenters. The average Bonchev–Trinajstić information content (AvgIpc) is 3.19. The number of nitrogens with one attached hydrogen (secondary N) is 1. The van der Waals surface area contributed by atoms with E-state index in [-0.39, 0.29) is 34.6 Å². The van der Waals surface area contributed by atoms with Crippen molar-refractivity contribution >= 4 is 64.4 Å². The number of halogens is 2. The molecular formula is C22H15Cl2NO4S. The summed E-state index contributed by atoms with van der Waals surface area (Å²) in [5.41, 5.74) is 1.29. The van der Waals surface area contributed by atoms with E-state index in [1.54, 1.807) is 43.3 Å². The number of benzene rings is 2. The minimum Gasteiger partial charge on any atom is -0.462 e. The van der Waals surface area contributed by atoms with Crippen LogP contribution < -0.4 is 5.32 Å².